The fraction of sp³-hybridized carbons (Fsp3) is 0.455. The number of nitrogens with two attached hydrogens (primary N) is 1. The molecule has 0 aliphatic rings. The zero-order valence-corrected chi connectivity index (χ0v) is 11.6. The number of anilines is 1. The van der Waals surface area contributed by atoms with Crippen molar-refractivity contribution in [1.82, 2.24) is 4.98 Å². The van der Waals surface area contributed by atoms with Gasteiger partial charge in [0.15, 0.2) is 0 Å². The largest absolute Gasteiger partial charge is 0.389 e. The van der Waals surface area contributed by atoms with Gasteiger partial charge in [0.05, 0.1) is 0 Å². The smallest absolute Gasteiger partial charge is 0.125 e. The van der Waals surface area contributed by atoms with Crippen LogP contribution in [0.2, 0.25) is 0 Å². The van der Waals surface area contributed by atoms with Gasteiger partial charge in [0.1, 0.15) is 10.8 Å². The molecule has 2 unspecified atom stereocenters. The van der Waals surface area contributed by atoms with Crippen LogP contribution in [0.1, 0.15) is 18.9 Å². The molecule has 3 N–H and O–H groups in total. The Morgan fingerprint density at radius 3 is 2.82 bits per heavy atom. The van der Waals surface area contributed by atoms with E-state index >= 15 is 0 Å². The lowest BCUT2D eigenvalue weighted by Crippen LogP contribution is -2.15. The second-order valence-corrected chi connectivity index (χ2v) is 6.06. The highest BCUT2D eigenvalue weighted by Gasteiger charge is 2.05. The Hall–Kier alpha value is -1.01. The first kappa shape index (κ1) is 14.1. The summed E-state index contributed by atoms with van der Waals surface area (Å²) in [4.78, 5) is 4.53. The maximum atomic E-state index is 11.1. The quantitative estimate of drug-likeness (QED) is 0.763. The van der Waals surface area contributed by atoms with Crippen LogP contribution in [-0.2, 0) is 10.8 Å². The lowest BCUT2D eigenvalue weighted by atomic mass is 10.3. The van der Waals surface area contributed by atoms with E-state index in [1.165, 1.54) is 0 Å². The first-order valence-electron chi connectivity index (χ1n) is 5.32. The summed E-state index contributed by atoms with van der Waals surface area (Å²) >= 11 is 4.84. The molecule has 0 aromatic carbocycles. The van der Waals surface area contributed by atoms with Gasteiger partial charge in [-0.25, -0.2) is 4.98 Å². The molecule has 0 aliphatic heterocycles. The van der Waals surface area contributed by atoms with Crippen molar-refractivity contribution in [2.45, 2.75) is 18.6 Å². The van der Waals surface area contributed by atoms with Gasteiger partial charge < -0.3 is 11.1 Å². The maximum Gasteiger partial charge on any atom is 0.125 e. The number of pyridine rings is 1. The zero-order valence-electron chi connectivity index (χ0n) is 9.97. The average molecular weight is 271 g/mol. The van der Waals surface area contributed by atoms with Crippen molar-refractivity contribution < 1.29 is 4.21 Å². The lowest BCUT2D eigenvalue weighted by molar-refractivity contribution is 0.672. The summed E-state index contributed by atoms with van der Waals surface area (Å²) in [6.07, 6.45) is 4.22. The Morgan fingerprint density at radius 1 is 1.65 bits per heavy atom. The highest BCUT2D eigenvalue weighted by molar-refractivity contribution is 7.84. The maximum absolute atomic E-state index is 11.1. The van der Waals surface area contributed by atoms with Gasteiger partial charge in [-0.05, 0) is 18.6 Å². The Bertz CT molecular complexity index is 406. The molecule has 0 saturated heterocycles. The minimum absolute atomic E-state index is 0.193. The van der Waals surface area contributed by atoms with Gasteiger partial charge in [-0.1, -0.05) is 19.1 Å². The first-order chi connectivity index (χ1) is 8.00. The van der Waals surface area contributed by atoms with Crippen molar-refractivity contribution in [2.24, 2.45) is 5.73 Å². The highest BCUT2D eigenvalue weighted by atomic mass is 32.2. The Morgan fingerprint density at radius 2 is 2.35 bits per heavy atom. The van der Waals surface area contributed by atoms with Crippen LogP contribution in [0.25, 0.3) is 0 Å². The van der Waals surface area contributed by atoms with Crippen LogP contribution < -0.4 is 11.1 Å². The van der Waals surface area contributed by atoms with Gasteiger partial charge in [-0.3, -0.25) is 4.21 Å². The predicted molar refractivity (Wildman–Crippen MR) is 76.8 cm³/mol. The Labute approximate surface area is 109 Å². The molecular formula is C11H17N3OS2. The molecule has 1 aromatic heterocycles. The van der Waals surface area contributed by atoms with Gasteiger partial charge in [-0.15, -0.1) is 0 Å². The second-order valence-electron chi connectivity index (χ2n) is 3.82. The van der Waals surface area contributed by atoms with E-state index in [9.17, 15) is 4.21 Å². The molecule has 94 valence electrons. The minimum Gasteiger partial charge on any atom is -0.389 e. The highest BCUT2D eigenvalue weighted by Crippen LogP contribution is 2.06. The number of hydrogen-bond acceptors (Lipinski definition) is 4. The van der Waals surface area contributed by atoms with Crippen LogP contribution in [0.5, 0.6) is 0 Å². The molecule has 0 aliphatic carbocycles. The van der Waals surface area contributed by atoms with Gasteiger partial charge in [0.2, 0.25) is 0 Å². The van der Waals surface area contributed by atoms with E-state index < -0.39 is 10.8 Å². The molecule has 0 radical (unpaired) electrons. The molecule has 6 heteroatoms. The molecule has 1 heterocycles. The fourth-order valence-corrected chi connectivity index (χ4v) is 1.78. The van der Waals surface area contributed by atoms with E-state index in [0.29, 0.717) is 4.99 Å². The normalized spacial score (nSPS) is 14.0. The average Bonchev–Trinajstić information content (AvgIpc) is 2.29. The van der Waals surface area contributed by atoms with E-state index in [1.54, 1.807) is 12.5 Å². The lowest BCUT2D eigenvalue weighted by Gasteiger charge is -2.09. The van der Waals surface area contributed by atoms with Crippen molar-refractivity contribution in [3.8, 4) is 0 Å². The third kappa shape index (κ3) is 4.79. The first-order valence-corrected chi connectivity index (χ1v) is 7.35. The number of nitrogens with zero attached hydrogens (tertiary/aromatic N) is 1. The number of hydrogen-bond donors (Lipinski definition) is 2. The summed E-state index contributed by atoms with van der Waals surface area (Å²) in [5.41, 5.74) is 6.23. The van der Waals surface area contributed by atoms with Crippen LogP contribution in [0, 0.1) is 0 Å². The zero-order chi connectivity index (χ0) is 12.8. The Balaban J connectivity index is 2.42. The summed E-state index contributed by atoms with van der Waals surface area (Å²) < 4.78 is 11.1. The monoisotopic (exact) mass is 271 g/mol. The molecular weight excluding hydrogens is 254 g/mol. The molecule has 1 rings (SSSR count). The number of thiocarbonyl (C=S) groups is 1. The molecule has 0 saturated carbocycles. The summed E-state index contributed by atoms with van der Waals surface area (Å²) in [6, 6.07) is 3.67. The molecule has 4 nitrogen and oxygen atoms in total. The van der Waals surface area contributed by atoms with E-state index in [1.807, 2.05) is 19.1 Å². The molecule has 2 atom stereocenters. The molecule has 1 aromatic rings. The van der Waals surface area contributed by atoms with Crippen LogP contribution >= 0.6 is 12.2 Å². The number of aromatic nitrogens is 1. The SMILES string of the molecule is CC(CCNc1ccc(C(N)=S)cn1)S(C)=O. The van der Waals surface area contributed by atoms with Gasteiger partial charge in [0.25, 0.3) is 0 Å². The summed E-state index contributed by atoms with van der Waals surface area (Å²) in [5.74, 6) is 0.777. The predicted octanol–water partition coefficient (Wildman–Crippen LogP) is 1.28. The van der Waals surface area contributed by atoms with Crippen molar-refractivity contribution in [1.29, 1.82) is 0 Å². The van der Waals surface area contributed by atoms with Crippen molar-refractivity contribution in [2.75, 3.05) is 18.1 Å². The van der Waals surface area contributed by atoms with Crippen LogP contribution in [0.15, 0.2) is 18.3 Å². The van der Waals surface area contributed by atoms with Crippen molar-refractivity contribution in [3.63, 3.8) is 0 Å². The summed E-state index contributed by atoms with van der Waals surface area (Å²) in [7, 11) is -0.772. The summed E-state index contributed by atoms with van der Waals surface area (Å²) in [5, 5.41) is 3.36. The van der Waals surface area contributed by atoms with E-state index in [0.717, 1.165) is 24.3 Å². The fourth-order valence-electron chi connectivity index (χ4n) is 1.21. The number of rotatable bonds is 6. The molecule has 0 bridgehead atoms. The van der Waals surface area contributed by atoms with Crippen molar-refractivity contribution in [3.05, 3.63) is 23.9 Å². The van der Waals surface area contributed by atoms with E-state index in [-0.39, 0.29) is 5.25 Å². The third-order valence-electron chi connectivity index (χ3n) is 2.47. The molecule has 17 heavy (non-hydrogen) atoms. The second kappa shape index (κ2) is 6.66. The Kier molecular flexibility index (Phi) is 5.50. The molecule has 0 amide bonds. The van der Waals surface area contributed by atoms with Crippen molar-refractivity contribution >= 4 is 33.8 Å². The van der Waals surface area contributed by atoms with Gasteiger partial charge in [-0.2, -0.15) is 0 Å². The topological polar surface area (TPSA) is 68.0 Å². The van der Waals surface area contributed by atoms with Crippen LogP contribution in [0.3, 0.4) is 0 Å². The third-order valence-corrected chi connectivity index (χ3v) is 4.08. The van der Waals surface area contributed by atoms with Crippen LogP contribution in [0.4, 0.5) is 5.82 Å². The molecule has 0 fully saturated rings. The van der Waals surface area contributed by atoms with Gasteiger partial charge in [0, 0.05) is 40.6 Å². The van der Waals surface area contributed by atoms with E-state index in [4.69, 9.17) is 18.0 Å². The standard InChI is InChI=1S/C11H17N3OS2/c1-8(17(2)15)5-6-13-10-4-3-9(7-14-10)11(12)16/h3-4,7-8H,5-6H2,1-2H3,(H2,12,16)(H,13,14). The van der Waals surface area contributed by atoms with E-state index in [2.05, 4.69) is 10.3 Å². The summed E-state index contributed by atoms with van der Waals surface area (Å²) in [6.45, 7) is 2.72. The number of nitrogens with one attached hydrogen (secondary N) is 1. The van der Waals surface area contributed by atoms with Crippen LogP contribution in [-0.4, -0.2) is 32.2 Å². The van der Waals surface area contributed by atoms with Gasteiger partial charge >= 0.3 is 0 Å². The minimum atomic E-state index is -0.772. The molecule has 0 spiro atoms.